The molecular formula is C9H6N2O4. The number of benzene rings is 1. The van der Waals surface area contributed by atoms with Crippen molar-refractivity contribution >= 4 is 5.69 Å². The van der Waals surface area contributed by atoms with E-state index < -0.39 is 4.92 Å². The summed E-state index contributed by atoms with van der Waals surface area (Å²) < 4.78 is 4.83. The van der Waals surface area contributed by atoms with Crippen LogP contribution in [0.2, 0.25) is 0 Å². The van der Waals surface area contributed by atoms with Gasteiger partial charge in [0.2, 0.25) is 5.89 Å². The first-order valence-corrected chi connectivity index (χ1v) is 4.06. The minimum atomic E-state index is -0.508. The summed E-state index contributed by atoms with van der Waals surface area (Å²) in [7, 11) is 0. The summed E-state index contributed by atoms with van der Waals surface area (Å²) in [5.74, 6) is -0.173. The highest BCUT2D eigenvalue weighted by Gasteiger charge is 2.10. The van der Waals surface area contributed by atoms with Crippen LogP contribution in [0.5, 0.6) is 5.95 Å². The maximum Gasteiger partial charge on any atom is 0.302 e. The minimum absolute atomic E-state index is 0.0508. The van der Waals surface area contributed by atoms with Gasteiger partial charge in [0, 0.05) is 17.7 Å². The standard InChI is InChI=1S/C9H6N2O4/c12-8-5-10-9(15-8)6-2-1-3-7(4-6)11(13)14/h1-5,12H. The fraction of sp³-hybridized carbons (Fsp3) is 0. The molecule has 2 rings (SSSR count). The highest BCUT2D eigenvalue weighted by atomic mass is 16.6. The topological polar surface area (TPSA) is 89.4 Å². The summed E-state index contributed by atoms with van der Waals surface area (Å²) in [6.07, 6.45) is 1.13. The van der Waals surface area contributed by atoms with E-state index in [-0.39, 0.29) is 17.5 Å². The molecule has 1 aromatic heterocycles. The number of nitro benzene ring substituents is 1. The summed E-state index contributed by atoms with van der Waals surface area (Å²) in [5, 5.41) is 19.4. The maximum atomic E-state index is 10.5. The van der Waals surface area contributed by atoms with Crippen molar-refractivity contribution in [2.45, 2.75) is 0 Å². The number of nitrogens with zero attached hydrogens (tertiary/aromatic N) is 2. The number of aromatic hydroxyl groups is 1. The van der Waals surface area contributed by atoms with Crippen LogP contribution in [0.25, 0.3) is 11.5 Å². The Labute approximate surface area is 83.9 Å². The first kappa shape index (κ1) is 9.20. The van der Waals surface area contributed by atoms with Gasteiger partial charge in [0.1, 0.15) is 6.20 Å². The van der Waals surface area contributed by atoms with Crippen LogP contribution in [0.15, 0.2) is 34.9 Å². The van der Waals surface area contributed by atoms with E-state index in [1.165, 1.54) is 18.2 Å². The lowest BCUT2D eigenvalue weighted by molar-refractivity contribution is -0.384. The van der Waals surface area contributed by atoms with Crippen LogP contribution in [0.1, 0.15) is 0 Å². The Morgan fingerprint density at radius 2 is 2.27 bits per heavy atom. The third-order valence-electron chi connectivity index (χ3n) is 1.80. The average molecular weight is 206 g/mol. The van der Waals surface area contributed by atoms with Gasteiger partial charge in [-0.3, -0.25) is 10.1 Å². The SMILES string of the molecule is O=[N+]([O-])c1cccc(-c2ncc(O)o2)c1. The summed E-state index contributed by atoms with van der Waals surface area (Å²) in [6, 6.07) is 5.82. The second-order valence-electron chi connectivity index (χ2n) is 2.81. The molecule has 0 bridgehead atoms. The molecule has 1 N–H and O–H groups in total. The molecule has 0 saturated heterocycles. The Bertz CT molecular complexity index is 506. The Hall–Kier alpha value is -2.37. The Morgan fingerprint density at radius 3 is 2.87 bits per heavy atom. The van der Waals surface area contributed by atoms with Crippen LogP contribution in [-0.4, -0.2) is 15.0 Å². The zero-order valence-electron chi connectivity index (χ0n) is 7.45. The number of hydrogen-bond donors (Lipinski definition) is 1. The first-order valence-electron chi connectivity index (χ1n) is 4.06. The predicted octanol–water partition coefficient (Wildman–Crippen LogP) is 1.96. The third kappa shape index (κ3) is 1.78. The molecule has 2 aromatic rings. The second kappa shape index (κ2) is 3.41. The van der Waals surface area contributed by atoms with E-state index in [0.29, 0.717) is 5.56 Å². The van der Waals surface area contributed by atoms with Gasteiger partial charge >= 0.3 is 5.95 Å². The predicted molar refractivity (Wildman–Crippen MR) is 50.3 cm³/mol. The van der Waals surface area contributed by atoms with Gasteiger partial charge < -0.3 is 9.52 Å². The van der Waals surface area contributed by atoms with E-state index >= 15 is 0 Å². The Kier molecular flexibility index (Phi) is 2.09. The van der Waals surface area contributed by atoms with E-state index in [1.807, 2.05) is 0 Å². The summed E-state index contributed by atoms with van der Waals surface area (Å²) >= 11 is 0. The molecule has 0 atom stereocenters. The molecule has 15 heavy (non-hydrogen) atoms. The summed E-state index contributed by atoms with van der Waals surface area (Å²) in [5.41, 5.74) is 0.398. The molecule has 0 radical (unpaired) electrons. The van der Waals surface area contributed by atoms with Crippen molar-refractivity contribution in [2.75, 3.05) is 0 Å². The van der Waals surface area contributed by atoms with Gasteiger partial charge in [-0.1, -0.05) is 6.07 Å². The lowest BCUT2D eigenvalue weighted by Gasteiger charge is -1.94. The monoisotopic (exact) mass is 206 g/mol. The van der Waals surface area contributed by atoms with E-state index in [0.717, 1.165) is 6.20 Å². The molecule has 0 unspecified atom stereocenters. The van der Waals surface area contributed by atoms with Crippen molar-refractivity contribution < 1.29 is 14.4 Å². The van der Waals surface area contributed by atoms with Crippen LogP contribution >= 0.6 is 0 Å². The highest BCUT2D eigenvalue weighted by Crippen LogP contribution is 2.25. The number of aromatic nitrogens is 1. The number of nitro groups is 1. The van der Waals surface area contributed by atoms with Crippen LogP contribution in [0.3, 0.4) is 0 Å². The van der Waals surface area contributed by atoms with Crippen molar-refractivity contribution in [3.63, 3.8) is 0 Å². The zero-order valence-corrected chi connectivity index (χ0v) is 7.45. The number of non-ortho nitro benzene ring substituents is 1. The molecule has 6 nitrogen and oxygen atoms in total. The lowest BCUT2D eigenvalue weighted by Crippen LogP contribution is -1.87. The van der Waals surface area contributed by atoms with Crippen LogP contribution < -0.4 is 0 Å². The zero-order chi connectivity index (χ0) is 10.8. The lowest BCUT2D eigenvalue weighted by atomic mass is 10.2. The molecule has 0 aliphatic carbocycles. The van der Waals surface area contributed by atoms with Crippen molar-refractivity contribution in [1.82, 2.24) is 4.98 Å². The highest BCUT2D eigenvalue weighted by molar-refractivity contribution is 5.57. The van der Waals surface area contributed by atoms with E-state index in [4.69, 9.17) is 9.52 Å². The molecule has 0 aliphatic heterocycles. The van der Waals surface area contributed by atoms with Crippen molar-refractivity contribution in [2.24, 2.45) is 0 Å². The number of oxazole rings is 1. The molecular weight excluding hydrogens is 200 g/mol. The average Bonchev–Trinajstić information content (AvgIpc) is 2.65. The number of rotatable bonds is 2. The summed E-state index contributed by atoms with van der Waals surface area (Å²) in [4.78, 5) is 13.7. The summed E-state index contributed by atoms with van der Waals surface area (Å²) in [6.45, 7) is 0. The smallest absolute Gasteiger partial charge is 0.302 e. The fourth-order valence-electron chi connectivity index (χ4n) is 1.15. The van der Waals surface area contributed by atoms with Crippen LogP contribution in [-0.2, 0) is 0 Å². The molecule has 0 aliphatic rings. The fourth-order valence-corrected chi connectivity index (χ4v) is 1.15. The molecule has 6 heteroatoms. The second-order valence-corrected chi connectivity index (χ2v) is 2.81. The number of hydrogen-bond acceptors (Lipinski definition) is 5. The van der Waals surface area contributed by atoms with E-state index in [2.05, 4.69) is 4.98 Å². The molecule has 0 fully saturated rings. The van der Waals surface area contributed by atoms with Crippen LogP contribution in [0.4, 0.5) is 5.69 Å². The van der Waals surface area contributed by atoms with Gasteiger partial charge in [-0.25, -0.2) is 4.98 Å². The molecule has 0 amide bonds. The van der Waals surface area contributed by atoms with Crippen molar-refractivity contribution in [3.05, 3.63) is 40.6 Å². The van der Waals surface area contributed by atoms with Gasteiger partial charge in [0.25, 0.3) is 5.69 Å². The van der Waals surface area contributed by atoms with Gasteiger partial charge in [-0.05, 0) is 6.07 Å². The Morgan fingerprint density at radius 1 is 1.47 bits per heavy atom. The first-order chi connectivity index (χ1) is 7.16. The van der Waals surface area contributed by atoms with E-state index in [9.17, 15) is 10.1 Å². The van der Waals surface area contributed by atoms with Crippen molar-refractivity contribution in [3.8, 4) is 17.4 Å². The third-order valence-corrected chi connectivity index (χ3v) is 1.80. The molecule has 1 heterocycles. The molecule has 0 spiro atoms. The van der Waals surface area contributed by atoms with Crippen LogP contribution in [0, 0.1) is 10.1 Å². The Balaban J connectivity index is 2.45. The van der Waals surface area contributed by atoms with Gasteiger partial charge in [-0.2, -0.15) is 0 Å². The normalized spacial score (nSPS) is 10.1. The van der Waals surface area contributed by atoms with Gasteiger partial charge in [0.15, 0.2) is 0 Å². The van der Waals surface area contributed by atoms with E-state index in [1.54, 1.807) is 6.07 Å². The van der Waals surface area contributed by atoms with Gasteiger partial charge in [0.05, 0.1) is 4.92 Å². The quantitative estimate of drug-likeness (QED) is 0.599. The molecule has 0 saturated carbocycles. The molecule has 76 valence electrons. The van der Waals surface area contributed by atoms with Gasteiger partial charge in [-0.15, -0.1) is 0 Å². The maximum absolute atomic E-state index is 10.5. The van der Waals surface area contributed by atoms with Crippen molar-refractivity contribution in [1.29, 1.82) is 0 Å². The largest absolute Gasteiger partial charge is 0.480 e. The molecule has 1 aromatic carbocycles. The minimum Gasteiger partial charge on any atom is -0.480 e.